The van der Waals surface area contributed by atoms with Crippen molar-refractivity contribution in [3.8, 4) is 0 Å². The molecule has 2 aliphatic heterocycles. The number of amides is 2. The van der Waals surface area contributed by atoms with Gasteiger partial charge in [0, 0.05) is 51.8 Å². The van der Waals surface area contributed by atoms with Crippen LogP contribution in [0.15, 0.2) is 42.7 Å². The predicted octanol–water partition coefficient (Wildman–Crippen LogP) is 1.44. The summed E-state index contributed by atoms with van der Waals surface area (Å²) in [5.41, 5.74) is 0.442. The van der Waals surface area contributed by atoms with E-state index >= 15 is 0 Å². The number of aromatic nitrogens is 2. The summed E-state index contributed by atoms with van der Waals surface area (Å²) in [4.78, 5) is 30.7. The van der Waals surface area contributed by atoms with E-state index < -0.39 is 11.7 Å². The van der Waals surface area contributed by atoms with Crippen LogP contribution in [0.3, 0.4) is 0 Å². The molecule has 0 unspecified atom stereocenters. The highest BCUT2D eigenvalue weighted by Crippen LogP contribution is 2.40. The lowest BCUT2D eigenvalue weighted by Gasteiger charge is -2.45. The second kappa shape index (κ2) is 7.15. The molecule has 2 aliphatic rings. The fourth-order valence-electron chi connectivity index (χ4n) is 3.96. The smallest absolute Gasteiger partial charge is 0.251 e. The number of ether oxygens (including phenoxy) is 1. The monoisotopic (exact) mass is 368 g/mol. The minimum atomic E-state index is -0.609. The van der Waals surface area contributed by atoms with Crippen molar-refractivity contribution in [2.75, 3.05) is 13.1 Å². The lowest BCUT2D eigenvalue weighted by molar-refractivity contribution is -0.175. The quantitative estimate of drug-likeness (QED) is 0.889. The van der Waals surface area contributed by atoms with Gasteiger partial charge < -0.3 is 19.5 Å². The SMILES string of the molecule is CC(=O)N1CCC2(CC1)O[C@@H](C(=O)NCc1ccccc1)Cn1ccnc12. The molecule has 1 atom stereocenters. The van der Waals surface area contributed by atoms with E-state index in [1.165, 1.54) is 0 Å². The molecule has 27 heavy (non-hydrogen) atoms. The topological polar surface area (TPSA) is 76.5 Å². The van der Waals surface area contributed by atoms with E-state index in [1.807, 2.05) is 46.0 Å². The largest absolute Gasteiger partial charge is 0.352 e. The zero-order valence-corrected chi connectivity index (χ0v) is 15.4. The number of carbonyl (C=O) groups excluding carboxylic acids is 2. The number of likely N-dealkylation sites (tertiary alicyclic amines) is 1. The van der Waals surface area contributed by atoms with Gasteiger partial charge in [0.1, 0.15) is 11.4 Å². The van der Waals surface area contributed by atoms with E-state index in [0.717, 1.165) is 11.4 Å². The highest BCUT2D eigenvalue weighted by atomic mass is 16.5. The Hall–Kier alpha value is -2.67. The number of piperidine rings is 1. The fraction of sp³-hybridized carbons (Fsp3) is 0.450. The van der Waals surface area contributed by atoms with Crippen molar-refractivity contribution in [1.29, 1.82) is 0 Å². The van der Waals surface area contributed by atoms with Gasteiger partial charge in [-0.3, -0.25) is 9.59 Å². The Morgan fingerprint density at radius 1 is 1.26 bits per heavy atom. The molecule has 7 heteroatoms. The van der Waals surface area contributed by atoms with Crippen LogP contribution >= 0.6 is 0 Å². The molecule has 1 N–H and O–H groups in total. The van der Waals surface area contributed by atoms with Gasteiger partial charge in [0.05, 0.1) is 6.54 Å². The molecule has 1 aromatic carbocycles. The van der Waals surface area contributed by atoms with Crippen molar-refractivity contribution >= 4 is 11.8 Å². The minimum Gasteiger partial charge on any atom is -0.352 e. The minimum absolute atomic E-state index is 0.0705. The van der Waals surface area contributed by atoms with Gasteiger partial charge in [-0.25, -0.2) is 4.98 Å². The van der Waals surface area contributed by atoms with Crippen molar-refractivity contribution in [2.24, 2.45) is 0 Å². The second-order valence-corrected chi connectivity index (χ2v) is 7.21. The van der Waals surface area contributed by atoms with Crippen LogP contribution in [0.4, 0.5) is 0 Å². The summed E-state index contributed by atoms with van der Waals surface area (Å²) in [7, 11) is 0. The van der Waals surface area contributed by atoms with E-state index in [-0.39, 0.29) is 11.8 Å². The Kier molecular flexibility index (Phi) is 4.70. The van der Waals surface area contributed by atoms with E-state index in [4.69, 9.17) is 4.74 Å². The first kappa shape index (κ1) is 17.7. The average molecular weight is 368 g/mol. The van der Waals surface area contributed by atoms with Gasteiger partial charge in [-0.2, -0.15) is 0 Å². The van der Waals surface area contributed by atoms with Gasteiger partial charge >= 0.3 is 0 Å². The Morgan fingerprint density at radius 3 is 2.70 bits per heavy atom. The number of hydrogen-bond donors (Lipinski definition) is 1. The molecule has 2 aromatic rings. The van der Waals surface area contributed by atoms with Crippen molar-refractivity contribution in [3.05, 3.63) is 54.1 Å². The van der Waals surface area contributed by atoms with Crippen molar-refractivity contribution < 1.29 is 14.3 Å². The van der Waals surface area contributed by atoms with E-state index in [0.29, 0.717) is 39.0 Å². The number of benzene rings is 1. The summed E-state index contributed by atoms with van der Waals surface area (Å²) in [6.07, 6.45) is 4.37. The van der Waals surface area contributed by atoms with Crippen LogP contribution in [0.5, 0.6) is 0 Å². The maximum Gasteiger partial charge on any atom is 0.251 e. The number of hydrogen-bond acceptors (Lipinski definition) is 4. The predicted molar refractivity (Wildman–Crippen MR) is 98.6 cm³/mol. The number of carbonyl (C=O) groups is 2. The molecule has 142 valence electrons. The Bertz CT molecular complexity index is 825. The Morgan fingerprint density at radius 2 is 2.00 bits per heavy atom. The summed E-state index contributed by atoms with van der Waals surface area (Å²) in [6, 6.07) is 9.82. The number of nitrogens with zero attached hydrogens (tertiary/aromatic N) is 3. The summed E-state index contributed by atoms with van der Waals surface area (Å²) in [5, 5.41) is 2.98. The maximum absolute atomic E-state index is 12.8. The molecular formula is C20H24N4O3. The molecule has 0 radical (unpaired) electrons. The van der Waals surface area contributed by atoms with Gasteiger partial charge in [-0.1, -0.05) is 30.3 Å². The highest BCUT2D eigenvalue weighted by molar-refractivity contribution is 5.81. The van der Waals surface area contributed by atoms with Crippen LogP contribution < -0.4 is 5.32 Å². The summed E-state index contributed by atoms with van der Waals surface area (Å²) in [6.45, 7) is 3.73. The zero-order valence-electron chi connectivity index (χ0n) is 15.4. The third-order valence-electron chi connectivity index (χ3n) is 5.47. The van der Waals surface area contributed by atoms with Crippen LogP contribution in [0.1, 0.15) is 31.2 Å². The van der Waals surface area contributed by atoms with Crippen LogP contribution in [0.2, 0.25) is 0 Å². The molecule has 0 bridgehead atoms. The fourth-order valence-corrected chi connectivity index (χ4v) is 3.96. The van der Waals surface area contributed by atoms with Crippen LogP contribution in [-0.2, 0) is 33.0 Å². The van der Waals surface area contributed by atoms with Crippen LogP contribution in [0, 0.1) is 0 Å². The molecule has 4 rings (SSSR count). The van der Waals surface area contributed by atoms with Crippen molar-refractivity contribution in [2.45, 2.75) is 44.6 Å². The third-order valence-corrected chi connectivity index (χ3v) is 5.47. The third kappa shape index (κ3) is 3.47. The number of fused-ring (bicyclic) bond motifs is 2. The number of rotatable bonds is 3. The molecule has 1 fully saturated rings. The lowest BCUT2D eigenvalue weighted by Crippen LogP contribution is -2.54. The molecule has 2 amide bonds. The van der Waals surface area contributed by atoms with Crippen molar-refractivity contribution in [3.63, 3.8) is 0 Å². The first-order valence-electron chi connectivity index (χ1n) is 9.34. The number of imidazole rings is 1. The first-order valence-corrected chi connectivity index (χ1v) is 9.34. The normalized spacial score (nSPS) is 20.9. The van der Waals surface area contributed by atoms with Gasteiger partial charge in [0.15, 0.2) is 6.10 Å². The maximum atomic E-state index is 12.8. The zero-order chi connectivity index (χ0) is 18.9. The van der Waals surface area contributed by atoms with Crippen LogP contribution in [0.25, 0.3) is 0 Å². The van der Waals surface area contributed by atoms with Gasteiger partial charge in [-0.05, 0) is 5.56 Å². The van der Waals surface area contributed by atoms with E-state index in [1.54, 1.807) is 13.1 Å². The molecule has 0 aliphatic carbocycles. The Labute approximate surface area is 158 Å². The lowest BCUT2D eigenvalue weighted by atomic mass is 9.88. The number of nitrogens with one attached hydrogen (secondary N) is 1. The van der Waals surface area contributed by atoms with E-state index in [2.05, 4.69) is 10.3 Å². The molecule has 1 spiro atoms. The van der Waals surface area contributed by atoms with Gasteiger partial charge in [-0.15, -0.1) is 0 Å². The molecule has 7 nitrogen and oxygen atoms in total. The highest BCUT2D eigenvalue weighted by Gasteiger charge is 2.47. The Balaban J connectivity index is 1.48. The van der Waals surface area contributed by atoms with Crippen molar-refractivity contribution in [1.82, 2.24) is 19.8 Å². The summed E-state index contributed by atoms with van der Waals surface area (Å²) < 4.78 is 8.36. The molecular weight excluding hydrogens is 344 g/mol. The molecule has 0 saturated carbocycles. The molecule has 1 saturated heterocycles. The molecule has 3 heterocycles. The first-order chi connectivity index (χ1) is 13.1. The van der Waals surface area contributed by atoms with E-state index in [9.17, 15) is 9.59 Å². The second-order valence-electron chi connectivity index (χ2n) is 7.21. The average Bonchev–Trinajstić information content (AvgIpc) is 3.17. The van der Waals surface area contributed by atoms with Gasteiger partial charge in [0.2, 0.25) is 5.91 Å². The summed E-state index contributed by atoms with van der Waals surface area (Å²) in [5.74, 6) is 0.811. The molecule has 1 aromatic heterocycles. The summed E-state index contributed by atoms with van der Waals surface area (Å²) >= 11 is 0. The standard InChI is InChI=1S/C20H24N4O3/c1-15(25)23-10-7-20(8-11-23)19-21-9-12-24(19)14-17(27-20)18(26)22-13-16-5-3-2-4-6-16/h2-6,9,12,17H,7-8,10-11,13-14H2,1H3,(H,22,26)/t17-/m1/s1. The van der Waals surface area contributed by atoms with Gasteiger partial charge in [0.25, 0.3) is 5.91 Å². The van der Waals surface area contributed by atoms with Crippen LogP contribution in [-0.4, -0.2) is 45.5 Å².